The molecule has 0 spiro atoms. The van der Waals surface area contributed by atoms with Gasteiger partial charge in [0.05, 0.1) is 5.69 Å². The van der Waals surface area contributed by atoms with Crippen LogP contribution in [0.5, 0.6) is 5.75 Å². The molecule has 0 saturated carbocycles. The van der Waals surface area contributed by atoms with Crippen LogP contribution in [0.25, 0.3) is 21.7 Å². The third-order valence-corrected chi connectivity index (χ3v) is 5.21. The van der Waals surface area contributed by atoms with Crippen LogP contribution in [0.1, 0.15) is 5.69 Å². The number of esters is 1. The van der Waals surface area contributed by atoms with E-state index in [0.717, 1.165) is 27.4 Å². The second-order valence-corrected chi connectivity index (χ2v) is 7.21. The summed E-state index contributed by atoms with van der Waals surface area (Å²) in [7, 11) is 0. The average molecular weight is 401 g/mol. The minimum Gasteiger partial charge on any atom is -0.482 e. The fraction of sp³-hybridized carbons (Fsp3) is 0.0833. The van der Waals surface area contributed by atoms with Gasteiger partial charge in [-0.3, -0.25) is 0 Å². The van der Waals surface area contributed by atoms with E-state index in [9.17, 15) is 4.79 Å². The molecule has 0 fully saturated rings. The van der Waals surface area contributed by atoms with Crippen LogP contribution in [0.3, 0.4) is 0 Å². The number of benzene rings is 3. The smallest absolute Gasteiger partial charge is 0.344 e. The van der Waals surface area contributed by atoms with Gasteiger partial charge < -0.3 is 9.47 Å². The Kier molecular flexibility index (Phi) is 5.98. The Hall–Kier alpha value is -3.44. The average Bonchev–Trinajstić information content (AvgIpc) is 3.27. The van der Waals surface area contributed by atoms with Crippen LogP contribution in [-0.4, -0.2) is 17.6 Å². The quantitative estimate of drug-likeness (QED) is 0.378. The Balaban J connectivity index is 1.26. The van der Waals surface area contributed by atoms with E-state index in [0.29, 0.717) is 5.75 Å². The van der Waals surface area contributed by atoms with Gasteiger partial charge in [0.25, 0.3) is 0 Å². The second-order valence-electron chi connectivity index (χ2n) is 6.35. The van der Waals surface area contributed by atoms with Gasteiger partial charge in [0.2, 0.25) is 0 Å². The van der Waals surface area contributed by atoms with Gasteiger partial charge in [0.1, 0.15) is 17.4 Å². The minimum absolute atomic E-state index is 0.137. The van der Waals surface area contributed by atoms with Crippen molar-refractivity contribution in [2.75, 3.05) is 6.61 Å². The predicted octanol–water partition coefficient (Wildman–Crippen LogP) is 5.60. The Bertz CT molecular complexity index is 1060. The zero-order valence-electron chi connectivity index (χ0n) is 15.7. The lowest BCUT2D eigenvalue weighted by atomic mass is 10.1. The van der Waals surface area contributed by atoms with Crippen LogP contribution < -0.4 is 4.74 Å². The molecule has 0 atom stereocenters. The number of rotatable bonds is 7. The van der Waals surface area contributed by atoms with E-state index in [-0.39, 0.29) is 13.2 Å². The number of nitrogens with zero attached hydrogens (tertiary/aromatic N) is 1. The van der Waals surface area contributed by atoms with Crippen LogP contribution in [-0.2, 0) is 16.1 Å². The maximum atomic E-state index is 12.0. The molecule has 144 valence electrons. The van der Waals surface area contributed by atoms with Gasteiger partial charge in [0.15, 0.2) is 6.61 Å². The van der Waals surface area contributed by atoms with E-state index < -0.39 is 5.97 Å². The molecule has 0 N–H and O–H groups in total. The highest BCUT2D eigenvalue weighted by molar-refractivity contribution is 7.13. The molecule has 1 aromatic heterocycles. The van der Waals surface area contributed by atoms with Crippen molar-refractivity contribution in [1.29, 1.82) is 0 Å². The first-order valence-corrected chi connectivity index (χ1v) is 10.1. The molecule has 4 aromatic rings. The molecule has 1 heterocycles. The fourth-order valence-electron chi connectivity index (χ4n) is 2.80. The first-order chi connectivity index (χ1) is 14.3. The molecule has 0 radical (unpaired) electrons. The van der Waals surface area contributed by atoms with Crippen LogP contribution in [0.2, 0.25) is 0 Å². The van der Waals surface area contributed by atoms with Crippen molar-refractivity contribution in [3.63, 3.8) is 0 Å². The zero-order valence-corrected chi connectivity index (χ0v) is 16.5. The van der Waals surface area contributed by atoms with Crippen molar-refractivity contribution in [1.82, 2.24) is 4.98 Å². The minimum atomic E-state index is -0.425. The maximum Gasteiger partial charge on any atom is 0.344 e. The molecule has 5 heteroatoms. The van der Waals surface area contributed by atoms with E-state index in [1.165, 1.54) is 11.3 Å². The lowest BCUT2D eigenvalue weighted by molar-refractivity contribution is -0.147. The number of ether oxygens (including phenoxy) is 2. The zero-order chi connectivity index (χ0) is 19.9. The molecule has 0 amide bonds. The third-order valence-electron chi connectivity index (χ3n) is 4.27. The van der Waals surface area contributed by atoms with Crippen molar-refractivity contribution in [2.24, 2.45) is 0 Å². The number of carbonyl (C=O) groups excluding carboxylic acids is 1. The molecule has 0 unspecified atom stereocenters. The molecular formula is C24H19NO3S. The highest BCUT2D eigenvalue weighted by Gasteiger charge is 2.09. The number of hydrogen-bond donors (Lipinski definition) is 0. The van der Waals surface area contributed by atoms with Crippen LogP contribution in [0.15, 0.2) is 90.3 Å². The molecule has 0 aliphatic carbocycles. The Morgan fingerprint density at radius 2 is 1.41 bits per heavy atom. The second kappa shape index (κ2) is 9.17. The van der Waals surface area contributed by atoms with Gasteiger partial charge in [0, 0.05) is 10.9 Å². The van der Waals surface area contributed by atoms with Gasteiger partial charge in [-0.05, 0) is 23.3 Å². The normalized spacial score (nSPS) is 10.5. The predicted molar refractivity (Wildman–Crippen MR) is 115 cm³/mol. The first kappa shape index (κ1) is 18.9. The standard InChI is InChI=1S/C24H19NO3S/c26-23(28-15-21-17-29-24(25-21)20-9-5-2-6-10-20)16-27-22-13-11-19(12-14-22)18-7-3-1-4-8-18/h1-14,17H,15-16H2. The lowest BCUT2D eigenvalue weighted by Crippen LogP contribution is -2.14. The van der Waals surface area contributed by atoms with Gasteiger partial charge in [-0.25, -0.2) is 9.78 Å². The monoisotopic (exact) mass is 401 g/mol. The summed E-state index contributed by atoms with van der Waals surface area (Å²) in [5.74, 6) is 0.202. The van der Waals surface area contributed by atoms with Crippen LogP contribution in [0, 0.1) is 0 Å². The summed E-state index contributed by atoms with van der Waals surface area (Å²) in [6, 6.07) is 27.6. The summed E-state index contributed by atoms with van der Waals surface area (Å²) in [6.45, 7) is -0.00116. The van der Waals surface area contributed by atoms with Crippen molar-refractivity contribution in [2.45, 2.75) is 6.61 Å². The maximum absolute atomic E-state index is 12.0. The molecule has 29 heavy (non-hydrogen) atoms. The van der Waals surface area contributed by atoms with Gasteiger partial charge in [-0.2, -0.15) is 0 Å². The molecule has 0 aliphatic heterocycles. The molecule has 3 aromatic carbocycles. The molecule has 0 saturated heterocycles. The molecular weight excluding hydrogens is 382 g/mol. The topological polar surface area (TPSA) is 48.4 Å². The Morgan fingerprint density at radius 3 is 2.10 bits per heavy atom. The number of hydrogen-bond acceptors (Lipinski definition) is 5. The summed E-state index contributed by atoms with van der Waals surface area (Å²) < 4.78 is 10.8. The van der Waals surface area contributed by atoms with Gasteiger partial charge in [-0.1, -0.05) is 72.8 Å². The Labute approximate surface area is 173 Å². The summed E-state index contributed by atoms with van der Waals surface area (Å²) in [5.41, 5.74) is 4.02. The van der Waals surface area contributed by atoms with E-state index >= 15 is 0 Å². The van der Waals surface area contributed by atoms with E-state index in [1.54, 1.807) is 0 Å². The highest BCUT2D eigenvalue weighted by Crippen LogP contribution is 2.24. The van der Waals surface area contributed by atoms with E-state index in [1.807, 2.05) is 78.2 Å². The van der Waals surface area contributed by atoms with Gasteiger partial charge >= 0.3 is 5.97 Å². The fourth-order valence-corrected chi connectivity index (χ4v) is 3.61. The molecule has 4 nitrogen and oxygen atoms in total. The van der Waals surface area contributed by atoms with Crippen LogP contribution in [0.4, 0.5) is 0 Å². The van der Waals surface area contributed by atoms with Crippen molar-refractivity contribution in [3.05, 3.63) is 96.0 Å². The summed E-state index contributed by atoms with van der Waals surface area (Å²) in [6.07, 6.45) is 0. The number of aromatic nitrogens is 1. The third kappa shape index (κ3) is 5.09. The van der Waals surface area contributed by atoms with E-state index in [2.05, 4.69) is 17.1 Å². The van der Waals surface area contributed by atoms with Crippen LogP contribution >= 0.6 is 11.3 Å². The van der Waals surface area contributed by atoms with Gasteiger partial charge in [-0.15, -0.1) is 11.3 Å². The van der Waals surface area contributed by atoms with Crippen molar-refractivity contribution in [3.8, 4) is 27.4 Å². The largest absolute Gasteiger partial charge is 0.482 e. The Morgan fingerprint density at radius 1 is 0.793 bits per heavy atom. The molecule has 4 rings (SSSR count). The van der Waals surface area contributed by atoms with Crippen molar-refractivity contribution >= 4 is 17.3 Å². The molecule has 0 bridgehead atoms. The number of carbonyl (C=O) groups is 1. The van der Waals surface area contributed by atoms with E-state index in [4.69, 9.17) is 9.47 Å². The highest BCUT2D eigenvalue weighted by atomic mass is 32.1. The first-order valence-electron chi connectivity index (χ1n) is 9.22. The summed E-state index contributed by atoms with van der Waals surface area (Å²) in [4.78, 5) is 16.5. The van der Waals surface area contributed by atoms with Crippen molar-refractivity contribution < 1.29 is 14.3 Å². The molecule has 0 aliphatic rings. The lowest BCUT2D eigenvalue weighted by Gasteiger charge is -2.07. The summed E-state index contributed by atoms with van der Waals surface area (Å²) >= 11 is 1.53. The SMILES string of the molecule is O=C(COc1ccc(-c2ccccc2)cc1)OCc1csc(-c2ccccc2)n1. The summed E-state index contributed by atoms with van der Waals surface area (Å²) in [5, 5.41) is 2.81. The number of thiazole rings is 1.